The number of rotatable bonds is 7. The summed E-state index contributed by atoms with van der Waals surface area (Å²) in [5.41, 5.74) is 0.477. The molecule has 1 aromatic carbocycles. The first-order valence-electron chi connectivity index (χ1n) is 5.40. The van der Waals surface area contributed by atoms with Crippen molar-refractivity contribution in [2.45, 2.75) is 13.3 Å². The third-order valence-corrected chi connectivity index (χ3v) is 2.38. The van der Waals surface area contributed by atoms with E-state index in [0.717, 1.165) is 6.42 Å². The smallest absolute Gasteiger partial charge is 0.292 e. The maximum absolute atomic E-state index is 10.8. The summed E-state index contributed by atoms with van der Waals surface area (Å²) in [6.07, 6.45) is 0.789. The van der Waals surface area contributed by atoms with Crippen molar-refractivity contribution in [3.8, 4) is 0 Å². The molecule has 0 aliphatic carbocycles. The normalized spacial score (nSPS) is 10.2. The van der Waals surface area contributed by atoms with Crippen molar-refractivity contribution in [1.82, 2.24) is 0 Å². The van der Waals surface area contributed by atoms with Gasteiger partial charge in [0.05, 0.1) is 4.92 Å². The van der Waals surface area contributed by atoms with Gasteiger partial charge in [-0.3, -0.25) is 10.1 Å². The number of nitro benzene ring substituents is 1. The van der Waals surface area contributed by atoms with E-state index in [4.69, 9.17) is 16.3 Å². The fourth-order valence-electron chi connectivity index (χ4n) is 1.35. The van der Waals surface area contributed by atoms with Gasteiger partial charge < -0.3 is 10.1 Å². The summed E-state index contributed by atoms with van der Waals surface area (Å²) >= 11 is 5.80. The lowest BCUT2D eigenvalue weighted by molar-refractivity contribution is -0.384. The fraction of sp³-hybridized carbons (Fsp3) is 0.455. The number of benzene rings is 1. The van der Waals surface area contributed by atoms with Crippen LogP contribution in [-0.2, 0) is 4.74 Å². The zero-order valence-electron chi connectivity index (χ0n) is 9.61. The van der Waals surface area contributed by atoms with Gasteiger partial charge in [-0.25, -0.2) is 0 Å². The van der Waals surface area contributed by atoms with Crippen LogP contribution in [0.2, 0.25) is 5.02 Å². The summed E-state index contributed by atoms with van der Waals surface area (Å²) in [6.45, 7) is 3.85. The van der Waals surface area contributed by atoms with Gasteiger partial charge in [0, 0.05) is 30.8 Å². The number of ether oxygens (including phenoxy) is 1. The highest BCUT2D eigenvalue weighted by Gasteiger charge is 2.12. The highest BCUT2D eigenvalue weighted by Crippen LogP contribution is 2.27. The predicted octanol–water partition coefficient (Wildman–Crippen LogP) is 3.09. The number of nitrogens with zero attached hydrogens (tertiary/aromatic N) is 1. The molecule has 0 aromatic heterocycles. The van der Waals surface area contributed by atoms with Crippen LogP contribution in [0.15, 0.2) is 18.2 Å². The zero-order valence-corrected chi connectivity index (χ0v) is 10.4. The number of nitro groups is 1. The number of hydrogen-bond acceptors (Lipinski definition) is 4. The van der Waals surface area contributed by atoms with E-state index in [1.807, 2.05) is 6.92 Å². The van der Waals surface area contributed by atoms with Crippen molar-refractivity contribution in [3.63, 3.8) is 0 Å². The molecular weight excluding hydrogens is 244 g/mol. The third-order valence-electron chi connectivity index (χ3n) is 2.14. The molecule has 0 atom stereocenters. The Hall–Kier alpha value is -1.33. The maximum atomic E-state index is 10.8. The standard InChI is InChI=1S/C11H15ClN2O3/c1-2-17-7-3-6-13-10-8-9(12)4-5-11(10)14(15)16/h4-5,8,13H,2-3,6-7H2,1H3. The van der Waals surface area contributed by atoms with Gasteiger partial charge in [0.25, 0.3) is 5.69 Å². The Morgan fingerprint density at radius 2 is 2.29 bits per heavy atom. The fourth-order valence-corrected chi connectivity index (χ4v) is 1.52. The van der Waals surface area contributed by atoms with Gasteiger partial charge in [-0.05, 0) is 25.5 Å². The molecule has 0 spiro atoms. The SMILES string of the molecule is CCOCCCNc1cc(Cl)ccc1[N+](=O)[O-]. The molecule has 1 aromatic rings. The van der Waals surface area contributed by atoms with Crippen molar-refractivity contribution < 1.29 is 9.66 Å². The van der Waals surface area contributed by atoms with Crippen molar-refractivity contribution in [1.29, 1.82) is 0 Å². The molecule has 1 N–H and O–H groups in total. The Morgan fingerprint density at radius 3 is 2.94 bits per heavy atom. The molecular formula is C11H15ClN2O3. The zero-order chi connectivity index (χ0) is 12.7. The molecule has 0 radical (unpaired) electrons. The summed E-state index contributed by atoms with van der Waals surface area (Å²) in [7, 11) is 0. The topological polar surface area (TPSA) is 64.4 Å². The Bertz CT molecular complexity index is 385. The average Bonchev–Trinajstić information content (AvgIpc) is 2.28. The van der Waals surface area contributed by atoms with Crippen LogP contribution in [0.4, 0.5) is 11.4 Å². The molecule has 0 saturated carbocycles. The van der Waals surface area contributed by atoms with Crippen molar-refractivity contribution in [2.75, 3.05) is 25.1 Å². The van der Waals surface area contributed by atoms with Gasteiger partial charge in [-0.1, -0.05) is 11.6 Å². The summed E-state index contributed by atoms with van der Waals surface area (Å²) in [5.74, 6) is 0. The van der Waals surface area contributed by atoms with Gasteiger partial charge >= 0.3 is 0 Å². The Labute approximate surface area is 105 Å². The van der Waals surface area contributed by atoms with E-state index in [0.29, 0.717) is 30.5 Å². The molecule has 0 saturated heterocycles. The van der Waals surface area contributed by atoms with Crippen LogP contribution < -0.4 is 5.32 Å². The third kappa shape index (κ3) is 4.58. The average molecular weight is 259 g/mol. The second kappa shape index (κ2) is 7.09. The first-order valence-corrected chi connectivity index (χ1v) is 5.78. The van der Waals surface area contributed by atoms with Gasteiger partial charge in [0.1, 0.15) is 5.69 Å². The molecule has 17 heavy (non-hydrogen) atoms. The number of anilines is 1. The minimum Gasteiger partial charge on any atom is -0.382 e. The van der Waals surface area contributed by atoms with Crippen LogP contribution in [0.1, 0.15) is 13.3 Å². The van der Waals surface area contributed by atoms with Gasteiger partial charge in [-0.15, -0.1) is 0 Å². The van der Waals surface area contributed by atoms with Crippen LogP contribution in [-0.4, -0.2) is 24.7 Å². The molecule has 1 rings (SSSR count). The van der Waals surface area contributed by atoms with Crippen LogP contribution in [0.3, 0.4) is 0 Å². The number of nitrogens with one attached hydrogen (secondary N) is 1. The molecule has 94 valence electrons. The van der Waals surface area contributed by atoms with Crippen molar-refractivity contribution in [3.05, 3.63) is 33.3 Å². The summed E-state index contributed by atoms with van der Waals surface area (Å²) in [4.78, 5) is 10.3. The first-order chi connectivity index (χ1) is 8.15. The minimum absolute atomic E-state index is 0.0332. The van der Waals surface area contributed by atoms with Gasteiger partial charge in [0.15, 0.2) is 0 Å². The van der Waals surface area contributed by atoms with E-state index in [-0.39, 0.29) is 5.69 Å². The lowest BCUT2D eigenvalue weighted by Crippen LogP contribution is -2.07. The minimum atomic E-state index is -0.429. The van der Waals surface area contributed by atoms with Gasteiger partial charge in [0.2, 0.25) is 0 Å². The summed E-state index contributed by atoms with van der Waals surface area (Å²) in [5, 5.41) is 14.2. The van der Waals surface area contributed by atoms with Crippen LogP contribution in [0, 0.1) is 10.1 Å². The van der Waals surface area contributed by atoms with Crippen LogP contribution >= 0.6 is 11.6 Å². The van der Waals surface area contributed by atoms with E-state index in [1.165, 1.54) is 12.1 Å². The summed E-state index contributed by atoms with van der Waals surface area (Å²) < 4.78 is 5.17. The van der Waals surface area contributed by atoms with Crippen LogP contribution in [0.5, 0.6) is 0 Å². The van der Waals surface area contributed by atoms with E-state index in [2.05, 4.69) is 5.32 Å². The van der Waals surface area contributed by atoms with E-state index < -0.39 is 4.92 Å². The monoisotopic (exact) mass is 258 g/mol. The maximum Gasteiger partial charge on any atom is 0.292 e. The van der Waals surface area contributed by atoms with E-state index >= 15 is 0 Å². The first kappa shape index (κ1) is 13.7. The second-order valence-corrected chi connectivity index (χ2v) is 3.83. The lowest BCUT2D eigenvalue weighted by Gasteiger charge is -2.07. The molecule has 0 aliphatic heterocycles. The highest BCUT2D eigenvalue weighted by atomic mass is 35.5. The molecule has 0 bridgehead atoms. The molecule has 0 fully saturated rings. The lowest BCUT2D eigenvalue weighted by atomic mass is 10.2. The molecule has 0 unspecified atom stereocenters. The summed E-state index contributed by atoms with van der Waals surface area (Å²) in [6, 6.07) is 4.46. The number of halogens is 1. The largest absolute Gasteiger partial charge is 0.382 e. The van der Waals surface area contributed by atoms with Gasteiger partial charge in [-0.2, -0.15) is 0 Å². The van der Waals surface area contributed by atoms with Crippen molar-refractivity contribution >= 4 is 23.0 Å². The number of hydrogen-bond donors (Lipinski definition) is 1. The molecule has 6 heteroatoms. The van der Waals surface area contributed by atoms with Crippen molar-refractivity contribution in [2.24, 2.45) is 0 Å². The van der Waals surface area contributed by atoms with Crippen LogP contribution in [0.25, 0.3) is 0 Å². The predicted molar refractivity (Wildman–Crippen MR) is 67.7 cm³/mol. The molecule has 5 nitrogen and oxygen atoms in total. The molecule has 0 heterocycles. The second-order valence-electron chi connectivity index (χ2n) is 3.40. The molecule has 0 amide bonds. The Kier molecular flexibility index (Phi) is 5.72. The Balaban J connectivity index is 2.56. The Morgan fingerprint density at radius 1 is 1.53 bits per heavy atom. The quantitative estimate of drug-likeness (QED) is 0.464. The van der Waals surface area contributed by atoms with E-state index in [9.17, 15) is 10.1 Å². The molecule has 0 aliphatic rings. The highest BCUT2D eigenvalue weighted by molar-refractivity contribution is 6.31. The van der Waals surface area contributed by atoms with E-state index in [1.54, 1.807) is 6.07 Å².